The van der Waals surface area contributed by atoms with Gasteiger partial charge in [-0.25, -0.2) is 14.9 Å². The largest absolute Gasteiger partial charge is 0.462 e. The number of rotatable bonds is 10. The van der Waals surface area contributed by atoms with Gasteiger partial charge in [-0.1, -0.05) is 12.1 Å². The molecule has 0 heterocycles. The van der Waals surface area contributed by atoms with Crippen molar-refractivity contribution < 1.29 is 24.8 Å². The second-order valence-corrected chi connectivity index (χ2v) is 9.54. The maximum absolute atomic E-state index is 11.2. The first-order valence-corrected chi connectivity index (χ1v) is 12.6. The Morgan fingerprint density at radius 3 is 2.04 bits per heavy atom. The van der Waals surface area contributed by atoms with E-state index in [4.69, 9.17) is 15.1 Å². The van der Waals surface area contributed by atoms with Crippen molar-refractivity contribution in [1.29, 1.82) is 0 Å². The summed E-state index contributed by atoms with van der Waals surface area (Å²) < 4.78 is 8.02. The third-order valence-electron chi connectivity index (χ3n) is 3.22. The second kappa shape index (κ2) is 15.9. The van der Waals surface area contributed by atoms with Crippen molar-refractivity contribution in [3.8, 4) is 0 Å². The number of carbonyl (C=O) groups is 1. The minimum Gasteiger partial charge on any atom is -0.462 e. The van der Waals surface area contributed by atoms with Gasteiger partial charge in [0.2, 0.25) is 6.29 Å². The van der Waals surface area contributed by atoms with E-state index in [1.54, 1.807) is 15.8 Å². The molecule has 1 aromatic carbocycles. The Labute approximate surface area is 155 Å². The van der Waals surface area contributed by atoms with Crippen LogP contribution in [0.2, 0.25) is 8.87 Å². The summed E-state index contributed by atoms with van der Waals surface area (Å²) in [6.07, 6.45) is 4.44. The second-order valence-electron chi connectivity index (χ2n) is 5.26. The summed E-state index contributed by atoms with van der Waals surface area (Å²) >= 11 is 0.149. The predicted octanol–water partition coefficient (Wildman–Crippen LogP) is 4.47. The summed E-state index contributed by atoms with van der Waals surface area (Å²) in [5.74, 6) is -0.427. The topological polar surface area (TPSA) is 76.0 Å². The first kappa shape index (κ1) is 23.4. The van der Waals surface area contributed by atoms with Crippen molar-refractivity contribution >= 4 is 27.1 Å². The maximum Gasteiger partial charge on any atom is 0.338 e. The number of carbonyl (C=O) groups excluding carboxylic acids is 1. The van der Waals surface area contributed by atoms with Crippen LogP contribution in [0.5, 0.6) is 0 Å². The molecule has 136 valence electrons. The molecule has 0 aliphatic rings. The van der Waals surface area contributed by atoms with Crippen LogP contribution in [0.25, 0.3) is 0 Å². The molecule has 1 atom stereocenters. The third kappa shape index (κ3) is 11.0. The summed E-state index contributed by atoms with van der Waals surface area (Å²) in [5.41, 5.74) is 0.733. The minimum atomic E-state index is -1.40. The molecule has 1 unspecified atom stereocenters. The predicted molar refractivity (Wildman–Crippen MR) is 96.3 cm³/mol. The van der Waals surface area contributed by atoms with Gasteiger partial charge >= 0.3 is 75.5 Å². The molecule has 1 aromatic rings. The van der Waals surface area contributed by atoms with E-state index >= 15 is 0 Å². The zero-order chi connectivity index (χ0) is 18.2. The third-order valence-corrected chi connectivity index (χ3v) is 7.26. The minimum absolute atomic E-state index is 0.149. The number of benzene rings is 1. The number of aliphatic hydroxyl groups is 1. The van der Waals surface area contributed by atoms with Gasteiger partial charge in [0.1, 0.15) is 0 Å². The molecule has 0 amide bonds. The van der Waals surface area contributed by atoms with E-state index in [0.717, 1.165) is 0 Å². The Bertz CT molecular complexity index is 416. The number of ether oxygens (including phenoxy) is 1. The first-order chi connectivity index (χ1) is 11.6. The fourth-order valence-corrected chi connectivity index (χ4v) is 5.95. The normalized spacial score (nSPS) is 11.4. The summed E-state index contributed by atoms with van der Waals surface area (Å²) in [6.45, 7) is 6.61. The number of unbranched alkanes of at least 4 members (excludes halogenated alkanes) is 2. The van der Waals surface area contributed by atoms with Crippen molar-refractivity contribution in [2.24, 2.45) is 0 Å². The van der Waals surface area contributed by atoms with Crippen LogP contribution >= 0.6 is 0 Å². The number of aliphatic hydroxyl groups excluding tert-OH is 1. The molecule has 2 N–H and O–H groups in total. The summed E-state index contributed by atoms with van der Waals surface area (Å²) in [5, 5.41) is 17.3. The molecule has 24 heavy (non-hydrogen) atoms. The van der Waals surface area contributed by atoms with Gasteiger partial charge in [0.05, 0.1) is 12.2 Å². The van der Waals surface area contributed by atoms with E-state index in [1.165, 1.54) is 49.9 Å². The van der Waals surface area contributed by atoms with Crippen molar-refractivity contribution in [2.45, 2.75) is 61.6 Å². The molecule has 0 bridgehead atoms. The van der Waals surface area contributed by atoms with Crippen LogP contribution in [-0.2, 0) is 9.62 Å². The van der Waals surface area contributed by atoms with Gasteiger partial charge in [0.25, 0.3) is 0 Å². The van der Waals surface area contributed by atoms with Gasteiger partial charge in [-0.2, -0.15) is 0 Å². The van der Waals surface area contributed by atoms with Crippen LogP contribution in [0.15, 0.2) is 24.3 Å². The van der Waals surface area contributed by atoms with Crippen LogP contribution in [0.1, 0.15) is 68.7 Å². The molecule has 1 rings (SSSR count). The van der Waals surface area contributed by atoms with E-state index in [2.05, 4.69) is 18.7 Å². The van der Waals surface area contributed by atoms with Crippen LogP contribution in [0.4, 0.5) is 0 Å². The van der Waals surface area contributed by atoms with E-state index < -0.39 is 12.3 Å². The van der Waals surface area contributed by atoms with E-state index in [9.17, 15) is 4.79 Å². The summed E-state index contributed by atoms with van der Waals surface area (Å²) in [6, 6.07) is 5.89. The smallest absolute Gasteiger partial charge is 0.338 e. The number of esters is 1. The molecule has 0 spiro atoms. The molecule has 6 heteroatoms. The molecule has 0 saturated heterocycles. The molecule has 0 fully saturated rings. The monoisotopic (exact) mass is 446 g/mol. The molecule has 0 aliphatic heterocycles. The van der Waals surface area contributed by atoms with E-state index in [1.807, 2.05) is 0 Å². The SMILES string of the molecule is CCC[CH2][Sn][CH2]CCC.CCOC(=O)c1ccc(C(O)OO)cc1. The zero-order valence-electron chi connectivity index (χ0n) is 15.0. The van der Waals surface area contributed by atoms with Crippen molar-refractivity contribution in [3.63, 3.8) is 0 Å². The molecular weight excluding hydrogens is 415 g/mol. The van der Waals surface area contributed by atoms with Crippen molar-refractivity contribution in [3.05, 3.63) is 35.4 Å². The van der Waals surface area contributed by atoms with Gasteiger partial charge in [0, 0.05) is 5.56 Å². The van der Waals surface area contributed by atoms with Gasteiger partial charge in [0.15, 0.2) is 0 Å². The average molecular weight is 445 g/mol. The zero-order valence-corrected chi connectivity index (χ0v) is 17.8. The molecular formula is C18H30O5Sn. The molecule has 2 radical (unpaired) electrons. The Balaban J connectivity index is 0.000000506. The summed E-state index contributed by atoms with van der Waals surface area (Å²) in [7, 11) is 0. The summed E-state index contributed by atoms with van der Waals surface area (Å²) in [4.78, 5) is 15.0. The Kier molecular flexibility index (Phi) is 15.5. The molecule has 0 saturated carbocycles. The van der Waals surface area contributed by atoms with Crippen molar-refractivity contribution in [1.82, 2.24) is 0 Å². The van der Waals surface area contributed by atoms with Crippen LogP contribution in [0, 0.1) is 0 Å². The van der Waals surface area contributed by atoms with E-state index in [0.29, 0.717) is 17.7 Å². The molecule has 5 nitrogen and oxygen atoms in total. The maximum atomic E-state index is 11.2. The fourth-order valence-electron chi connectivity index (χ4n) is 1.79. The van der Waals surface area contributed by atoms with Gasteiger partial charge < -0.3 is 9.84 Å². The first-order valence-electron chi connectivity index (χ1n) is 8.56. The van der Waals surface area contributed by atoms with E-state index in [-0.39, 0.29) is 21.1 Å². The van der Waals surface area contributed by atoms with Gasteiger partial charge in [-0.15, -0.1) is 0 Å². The number of hydrogen-bond acceptors (Lipinski definition) is 5. The number of hydrogen-bond donors (Lipinski definition) is 2. The van der Waals surface area contributed by atoms with Gasteiger partial charge in [-0.05, 0) is 19.1 Å². The fraction of sp³-hybridized carbons (Fsp3) is 0.611. The van der Waals surface area contributed by atoms with Crippen LogP contribution < -0.4 is 0 Å². The Morgan fingerprint density at radius 2 is 1.62 bits per heavy atom. The van der Waals surface area contributed by atoms with Crippen molar-refractivity contribution in [2.75, 3.05) is 6.61 Å². The Morgan fingerprint density at radius 1 is 1.08 bits per heavy atom. The molecule has 0 aromatic heterocycles. The standard InChI is InChI=1S/C10H12O5.2C4H9.Sn/c1-2-14-9(11)7-3-5-8(6-4-7)10(12)15-13;2*1-3-4-2;/h3-6,10,12-13H,2H2,1H3;2*1,3-4H2,2H3;. The molecule has 0 aliphatic carbocycles. The van der Waals surface area contributed by atoms with Gasteiger partial charge in [-0.3, -0.25) is 0 Å². The van der Waals surface area contributed by atoms with Crippen LogP contribution in [-0.4, -0.2) is 44.1 Å². The van der Waals surface area contributed by atoms with Crippen LogP contribution in [0.3, 0.4) is 0 Å². The Hall–Kier alpha value is -0.631. The average Bonchev–Trinajstić information content (AvgIpc) is 2.62. The quantitative estimate of drug-likeness (QED) is 0.139.